The summed E-state index contributed by atoms with van der Waals surface area (Å²) in [6, 6.07) is 12.0. The minimum atomic E-state index is -0.597. The molecule has 1 N–H and O–H groups in total. The van der Waals surface area contributed by atoms with E-state index in [-0.39, 0.29) is 29.9 Å². The number of ether oxygens (including phenoxy) is 1. The van der Waals surface area contributed by atoms with Crippen LogP contribution in [0.15, 0.2) is 51.9 Å². The summed E-state index contributed by atoms with van der Waals surface area (Å²) < 4.78 is 8.39. The monoisotopic (exact) mass is 484 g/mol. The van der Waals surface area contributed by atoms with E-state index >= 15 is 0 Å². The maximum Gasteiger partial charge on any atom is 0.411 e. The van der Waals surface area contributed by atoms with Crippen LogP contribution in [0.25, 0.3) is 11.2 Å². The Balaban J connectivity index is 1.40. The number of halogens is 1. The average molecular weight is 485 g/mol. The summed E-state index contributed by atoms with van der Waals surface area (Å²) in [7, 11) is 0. The number of nitrogens with zero attached hydrogens (tertiary/aromatic N) is 3. The van der Waals surface area contributed by atoms with E-state index in [1.165, 1.54) is 0 Å². The second-order valence-corrected chi connectivity index (χ2v) is 9.89. The predicted molar refractivity (Wildman–Crippen MR) is 121 cm³/mol. The molecule has 8 heteroatoms. The molecule has 31 heavy (non-hydrogen) atoms. The van der Waals surface area contributed by atoms with E-state index in [9.17, 15) is 9.59 Å². The second kappa shape index (κ2) is 7.51. The number of benzene rings is 1. The molecule has 7 nitrogen and oxygen atoms in total. The number of hydrogen-bond acceptors (Lipinski definition) is 4. The molecule has 1 amide bonds. The third-order valence-corrected chi connectivity index (χ3v) is 6.99. The highest BCUT2D eigenvalue weighted by Gasteiger charge is 2.51. The van der Waals surface area contributed by atoms with Crippen LogP contribution in [0.3, 0.4) is 0 Å². The highest BCUT2D eigenvalue weighted by atomic mass is 79.9. The van der Waals surface area contributed by atoms with Crippen molar-refractivity contribution < 1.29 is 9.53 Å². The normalized spacial score (nSPS) is 25.7. The van der Waals surface area contributed by atoms with Crippen LogP contribution in [-0.2, 0) is 4.74 Å². The van der Waals surface area contributed by atoms with Crippen molar-refractivity contribution in [1.82, 2.24) is 19.4 Å². The van der Waals surface area contributed by atoms with Gasteiger partial charge in [0.25, 0.3) is 0 Å². The first-order valence-corrected chi connectivity index (χ1v) is 11.5. The number of hydrogen-bond donors (Lipinski definition) is 1. The topological polar surface area (TPSA) is 80.2 Å². The molecule has 1 aliphatic heterocycles. The largest absolute Gasteiger partial charge is 0.441 e. The number of imidazole rings is 1. The Morgan fingerprint density at radius 2 is 1.77 bits per heavy atom. The van der Waals surface area contributed by atoms with Gasteiger partial charge in [-0.25, -0.2) is 14.6 Å². The molecule has 1 aliphatic carbocycles. The molecule has 1 unspecified atom stereocenters. The van der Waals surface area contributed by atoms with E-state index < -0.39 is 5.60 Å². The molecule has 0 radical (unpaired) electrons. The average Bonchev–Trinajstić information content (AvgIpc) is 3.19. The molecule has 1 atom stereocenters. The van der Waals surface area contributed by atoms with Crippen molar-refractivity contribution in [1.29, 1.82) is 0 Å². The van der Waals surface area contributed by atoms with Crippen molar-refractivity contribution in [3.05, 3.63) is 63.1 Å². The summed E-state index contributed by atoms with van der Waals surface area (Å²) >= 11 is 3.40. The minimum Gasteiger partial charge on any atom is -0.441 e. The lowest BCUT2D eigenvalue weighted by Gasteiger charge is -2.38. The molecule has 0 spiro atoms. The number of aromatic nitrogens is 3. The number of H-pyrrole nitrogens is 1. The van der Waals surface area contributed by atoms with Crippen molar-refractivity contribution in [2.75, 3.05) is 0 Å². The molecule has 1 aromatic carbocycles. The summed E-state index contributed by atoms with van der Waals surface area (Å²) in [6.45, 7) is 3.95. The predicted octanol–water partition coefficient (Wildman–Crippen LogP) is 4.94. The van der Waals surface area contributed by atoms with Crippen LogP contribution in [-0.4, -0.2) is 37.2 Å². The Kier molecular flexibility index (Phi) is 4.92. The van der Waals surface area contributed by atoms with Crippen LogP contribution in [0.4, 0.5) is 4.79 Å². The van der Waals surface area contributed by atoms with Gasteiger partial charge in [-0.2, -0.15) is 0 Å². The molecule has 2 aromatic heterocycles. The Labute approximate surface area is 188 Å². The number of fused-ring (bicyclic) bond motifs is 1. The van der Waals surface area contributed by atoms with Gasteiger partial charge in [0, 0.05) is 22.8 Å². The van der Waals surface area contributed by atoms with Crippen LogP contribution < -0.4 is 5.69 Å². The van der Waals surface area contributed by atoms with Crippen LogP contribution in [0, 0.1) is 0 Å². The number of pyridine rings is 1. The molecule has 1 saturated carbocycles. The van der Waals surface area contributed by atoms with Crippen molar-refractivity contribution in [2.45, 2.75) is 63.3 Å². The van der Waals surface area contributed by atoms with Gasteiger partial charge in [0.1, 0.15) is 5.60 Å². The molecule has 162 valence electrons. The molecule has 5 rings (SSSR count). The molecular formula is C23H25BrN4O3. The summed E-state index contributed by atoms with van der Waals surface area (Å²) in [5.74, 6) is 0. The number of aromatic amines is 1. The first-order chi connectivity index (χ1) is 14.8. The smallest absolute Gasteiger partial charge is 0.411 e. The molecule has 2 fully saturated rings. The van der Waals surface area contributed by atoms with Gasteiger partial charge in [-0.1, -0.05) is 30.3 Å². The van der Waals surface area contributed by atoms with Gasteiger partial charge in [0.05, 0.1) is 11.6 Å². The molecule has 3 heterocycles. The van der Waals surface area contributed by atoms with Crippen LogP contribution in [0.5, 0.6) is 0 Å². The molecule has 2 aliphatic rings. The fourth-order valence-corrected chi connectivity index (χ4v) is 5.58. The van der Waals surface area contributed by atoms with E-state index in [0.717, 1.165) is 41.2 Å². The van der Waals surface area contributed by atoms with Gasteiger partial charge >= 0.3 is 11.8 Å². The number of cyclic esters (lactones) is 1. The number of carbonyl (C=O) groups is 1. The maximum absolute atomic E-state index is 12.9. The van der Waals surface area contributed by atoms with Gasteiger partial charge in [0.2, 0.25) is 0 Å². The molecule has 3 aromatic rings. The van der Waals surface area contributed by atoms with E-state index in [2.05, 4.69) is 38.0 Å². The zero-order valence-corrected chi connectivity index (χ0v) is 19.1. The Bertz CT molecular complexity index is 1180. The zero-order valence-electron chi connectivity index (χ0n) is 17.5. The maximum atomic E-state index is 12.9. The van der Waals surface area contributed by atoms with Gasteiger partial charge in [-0.15, -0.1) is 0 Å². The van der Waals surface area contributed by atoms with Crippen molar-refractivity contribution in [2.24, 2.45) is 0 Å². The molecule has 0 bridgehead atoms. The lowest BCUT2D eigenvalue weighted by molar-refractivity contribution is 0.0662. The van der Waals surface area contributed by atoms with E-state index in [1.54, 1.807) is 10.8 Å². The fourth-order valence-electron chi connectivity index (χ4n) is 5.25. The molecule has 1 saturated heterocycles. The minimum absolute atomic E-state index is 0.0629. The summed E-state index contributed by atoms with van der Waals surface area (Å²) in [6.07, 6.45) is 4.70. The van der Waals surface area contributed by atoms with Gasteiger partial charge in [-0.3, -0.25) is 9.47 Å². The Morgan fingerprint density at radius 3 is 2.48 bits per heavy atom. The van der Waals surface area contributed by atoms with Gasteiger partial charge in [0.15, 0.2) is 5.65 Å². The second-order valence-electron chi connectivity index (χ2n) is 8.98. The first-order valence-electron chi connectivity index (χ1n) is 10.7. The number of carbonyl (C=O) groups excluding carboxylic acids is 1. The zero-order chi connectivity index (χ0) is 21.8. The Hall–Kier alpha value is -2.61. The van der Waals surface area contributed by atoms with E-state index in [0.29, 0.717) is 5.65 Å². The quantitative estimate of drug-likeness (QED) is 0.570. The number of rotatable bonds is 3. The van der Waals surface area contributed by atoms with E-state index in [4.69, 9.17) is 4.74 Å². The Morgan fingerprint density at radius 1 is 1.10 bits per heavy atom. The third kappa shape index (κ3) is 3.46. The highest BCUT2D eigenvalue weighted by molar-refractivity contribution is 9.10. The van der Waals surface area contributed by atoms with Crippen molar-refractivity contribution >= 4 is 33.2 Å². The lowest BCUT2D eigenvalue weighted by atomic mass is 9.86. The SMILES string of the molecule is CC1(C)OC(=O)N(C2CCC(n3c(=O)[nH]c4cc(Br)cnc43)CC2)C1c1ccccc1. The van der Waals surface area contributed by atoms with Crippen LogP contribution in [0.2, 0.25) is 0 Å². The summed E-state index contributed by atoms with van der Waals surface area (Å²) in [4.78, 5) is 34.8. The highest BCUT2D eigenvalue weighted by Crippen LogP contribution is 2.45. The van der Waals surface area contributed by atoms with Crippen molar-refractivity contribution in [3.63, 3.8) is 0 Å². The standard InChI is InChI=1S/C23H25BrN4O3/c1-23(2)19(14-6-4-3-5-7-14)27(22(30)31-23)16-8-10-17(11-9-16)28-20-18(26-21(28)29)12-15(24)13-25-20/h3-7,12-13,16-17,19H,8-11H2,1-2H3,(H,26,29). The fraction of sp³-hybridized carbons (Fsp3) is 0.435. The summed E-state index contributed by atoms with van der Waals surface area (Å²) in [5, 5.41) is 0. The summed E-state index contributed by atoms with van der Waals surface area (Å²) in [5.41, 5.74) is 1.77. The number of nitrogens with one attached hydrogen (secondary N) is 1. The molecular weight excluding hydrogens is 460 g/mol. The number of amides is 1. The van der Waals surface area contributed by atoms with Gasteiger partial charge < -0.3 is 9.72 Å². The van der Waals surface area contributed by atoms with Crippen LogP contribution >= 0.6 is 15.9 Å². The van der Waals surface area contributed by atoms with E-state index in [1.807, 2.05) is 43.0 Å². The lowest BCUT2D eigenvalue weighted by Crippen LogP contribution is -2.43. The first kappa shape index (κ1) is 20.3. The van der Waals surface area contributed by atoms with Crippen LogP contribution in [0.1, 0.15) is 57.2 Å². The van der Waals surface area contributed by atoms with Gasteiger partial charge in [-0.05, 0) is 67.1 Å². The third-order valence-electron chi connectivity index (χ3n) is 6.56. The van der Waals surface area contributed by atoms with Crippen molar-refractivity contribution in [3.8, 4) is 0 Å².